The summed E-state index contributed by atoms with van der Waals surface area (Å²) in [6.07, 6.45) is 2.00. The molecule has 0 fully saturated rings. The quantitative estimate of drug-likeness (QED) is 0.476. The van der Waals surface area contributed by atoms with Crippen molar-refractivity contribution in [3.8, 4) is 11.5 Å². The van der Waals surface area contributed by atoms with Crippen LogP contribution >= 0.6 is 11.3 Å². The molecule has 3 aromatic heterocycles. The fraction of sp³-hybridized carbons (Fsp3) is 0.238. The fourth-order valence-corrected chi connectivity index (χ4v) is 6.41. The molecule has 1 N–H and O–H groups in total. The van der Waals surface area contributed by atoms with E-state index in [0.717, 1.165) is 15.8 Å². The Morgan fingerprint density at radius 1 is 1.16 bits per heavy atom. The molecule has 5 rings (SSSR count). The number of sulfonamides is 1. The van der Waals surface area contributed by atoms with E-state index in [1.165, 1.54) is 11.3 Å². The molecule has 0 spiro atoms. The number of ether oxygens (including phenoxy) is 2. The molecule has 0 radical (unpaired) electrons. The van der Waals surface area contributed by atoms with Gasteiger partial charge in [0.25, 0.3) is 10.0 Å². The smallest absolute Gasteiger partial charge is 0.267 e. The van der Waals surface area contributed by atoms with Gasteiger partial charge in [-0.15, -0.1) is 11.3 Å². The van der Waals surface area contributed by atoms with Crippen LogP contribution in [0.3, 0.4) is 0 Å². The van der Waals surface area contributed by atoms with E-state index >= 15 is 0 Å². The Kier molecular flexibility index (Phi) is 4.63. The van der Waals surface area contributed by atoms with Crippen molar-refractivity contribution in [3.05, 3.63) is 57.7 Å². The van der Waals surface area contributed by atoms with Crippen LogP contribution in [0.25, 0.3) is 10.2 Å². The highest BCUT2D eigenvalue weighted by molar-refractivity contribution is 7.93. The number of hydrogen-bond donors (Lipinski definition) is 1. The molecule has 1 aliphatic heterocycles. The number of aromatic nitrogens is 2. The summed E-state index contributed by atoms with van der Waals surface area (Å²) in [6, 6.07) is 7.48. The van der Waals surface area contributed by atoms with Crippen molar-refractivity contribution in [1.29, 1.82) is 0 Å². The van der Waals surface area contributed by atoms with Crippen LogP contribution in [0.4, 0.5) is 5.88 Å². The molecule has 0 atom stereocenters. The molecule has 4 heterocycles. The predicted molar refractivity (Wildman–Crippen MR) is 117 cm³/mol. The molecule has 0 unspecified atom stereocenters. The summed E-state index contributed by atoms with van der Waals surface area (Å²) in [5, 5.41) is 3.84. The van der Waals surface area contributed by atoms with Gasteiger partial charge in [-0.1, -0.05) is 5.16 Å². The number of nitrogens with one attached hydrogen (secondary N) is 1. The van der Waals surface area contributed by atoms with Crippen LogP contribution in [0.15, 0.2) is 39.9 Å². The Labute approximate surface area is 182 Å². The lowest BCUT2D eigenvalue weighted by molar-refractivity contribution is 0.174. The minimum absolute atomic E-state index is 0.109. The van der Waals surface area contributed by atoms with Crippen LogP contribution < -0.4 is 14.2 Å². The third-order valence-corrected chi connectivity index (χ3v) is 8.01. The highest BCUT2D eigenvalue weighted by Gasteiger charge is 2.28. The lowest BCUT2D eigenvalue weighted by atomic mass is 10.0. The van der Waals surface area contributed by atoms with Gasteiger partial charge >= 0.3 is 0 Å². The van der Waals surface area contributed by atoms with Crippen molar-refractivity contribution in [2.45, 2.75) is 32.1 Å². The molecule has 1 aliphatic rings. The molecular weight excluding hydrogens is 438 g/mol. The van der Waals surface area contributed by atoms with E-state index in [1.807, 2.05) is 25.1 Å². The summed E-state index contributed by atoms with van der Waals surface area (Å²) in [6.45, 7) is 5.66. The molecule has 0 aliphatic carbocycles. The second-order valence-corrected chi connectivity index (χ2v) is 10.1. The minimum Gasteiger partial charge on any atom is -0.454 e. The molecule has 4 aromatic rings. The number of nitrogens with zero attached hydrogens (tertiary/aromatic N) is 2. The Hall–Kier alpha value is -3.11. The molecule has 1 aromatic carbocycles. The number of fused-ring (bicyclic) bond motifs is 2. The maximum Gasteiger partial charge on any atom is 0.267 e. The van der Waals surface area contributed by atoms with E-state index in [2.05, 4.69) is 14.9 Å². The first-order chi connectivity index (χ1) is 14.8. The number of benzene rings is 1. The Bertz CT molecular complexity index is 1420. The largest absolute Gasteiger partial charge is 0.454 e. The first-order valence-electron chi connectivity index (χ1n) is 9.54. The zero-order chi connectivity index (χ0) is 21.8. The topological polar surface area (TPSA) is 104 Å². The van der Waals surface area contributed by atoms with E-state index in [4.69, 9.17) is 14.0 Å². The first kappa shape index (κ1) is 19.8. The van der Waals surface area contributed by atoms with Gasteiger partial charge in [0.05, 0.1) is 10.4 Å². The maximum absolute atomic E-state index is 13.4. The number of aryl methyl sites for hydroxylation is 2. The highest BCUT2D eigenvalue weighted by atomic mass is 32.2. The summed E-state index contributed by atoms with van der Waals surface area (Å²) in [5.41, 5.74) is 3.65. The summed E-state index contributed by atoms with van der Waals surface area (Å²) in [7, 11) is -3.97. The number of anilines is 1. The van der Waals surface area contributed by atoms with Crippen LogP contribution in [-0.4, -0.2) is 25.4 Å². The molecule has 10 heteroatoms. The van der Waals surface area contributed by atoms with Crippen molar-refractivity contribution < 1.29 is 22.4 Å². The van der Waals surface area contributed by atoms with Crippen LogP contribution in [0.1, 0.15) is 27.3 Å². The van der Waals surface area contributed by atoms with Gasteiger partial charge in [0.15, 0.2) is 11.5 Å². The lowest BCUT2D eigenvalue weighted by Gasteiger charge is -2.10. The van der Waals surface area contributed by atoms with Gasteiger partial charge in [0.2, 0.25) is 12.7 Å². The normalized spacial score (nSPS) is 13.1. The average Bonchev–Trinajstić information content (AvgIpc) is 3.41. The van der Waals surface area contributed by atoms with E-state index in [-0.39, 0.29) is 17.6 Å². The maximum atomic E-state index is 13.4. The molecule has 0 amide bonds. The fourth-order valence-electron chi connectivity index (χ4n) is 3.48. The number of thiophene rings is 1. The van der Waals surface area contributed by atoms with Gasteiger partial charge in [-0.3, -0.25) is 4.98 Å². The molecule has 0 bridgehead atoms. The SMILES string of the molecule is Cc1cc2c(cc1Cc1sc3cccnc3c1S(=O)(=O)Nc1onc(C)c1C)OCO2. The Morgan fingerprint density at radius 2 is 1.94 bits per heavy atom. The second-order valence-electron chi connectivity index (χ2n) is 7.34. The first-order valence-corrected chi connectivity index (χ1v) is 11.8. The number of rotatable bonds is 5. The van der Waals surface area contributed by atoms with E-state index < -0.39 is 10.0 Å². The zero-order valence-electron chi connectivity index (χ0n) is 17.1. The van der Waals surface area contributed by atoms with Crippen molar-refractivity contribution in [2.24, 2.45) is 0 Å². The molecular formula is C21H19N3O5S2. The predicted octanol–water partition coefficient (Wildman–Crippen LogP) is 4.33. The Balaban J connectivity index is 1.62. The van der Waals surface area contributed by atoms with E-state index in [1.54, 1.807) is 26.1 Å². The lowest BCUT2D eigenvalue weighted by Crippen LogP contribution is -2.15. The van der Waals surface area contributed by atoms with Gasteiger partial charge in [0.1, 0.15) is 10.4 Å². The van der Waals surface area contributed by atoms with E-state index in [9.17, 15) is 8.42 Å². The summed E-state index contributed by atoms with van der Waals surface area (Å²) in [4.78, 5) is 5.19. The van der Waals surface area contributed by atoms with Crippen LogP contribution in [0, 0.1) is 20.8 Å². The zero-order valence-corrected chi connectivity index (χ0v) is 18.7. The minimum atomic E-state index is -3.97. The van der Waals surface area contributed by atoms with Gasteiger partial charge < -0.3 is 14.0 Å². The van der Waals surface area contributed by atoms with Crippen molar-refractivity contribution in [1.82, 2.24) is 10.1 Å². The van der Waals surface area contributed by atoms with Gasteiger partial charge in [0, 0.05) is 23.1 Å². The van der Waals surface area contributed by atoms with Crippen LogP contribution in [0.2, 0.25) is 0 Å². The third kappa shape index (κ3) is 3.41. The van der Waals surface area contributed by atoms with Crippen LogP contribution in [0.5, 0.6) is 11.5 Å². The van der Waals surface area contributed by atoms with Crippen LogP contribution in [-0.2, 0) is 16.4 Å². The summed E-state index contributed by atoms with van der Waals surface area (Å²) >= 11 is 1.41. The summed E-state index contributed by atoms with van der Waals surface area (Å²) < 4.78 is 46.4. The number of pyridine rings is 1. The van der Waals surface area contributed by atoms with Crippen molar-refractivity contribution >= 4 is 37.5 Å². The molecule has 31 heavy (non-hydrogen) atoms. The van der Waals surface area contributed by atoms with E-state index in [0.29, 0.717) is 39.6 Å². The van der Waals surface area contributed by atoms with Crippen molar-refractivity contribution in [2.75, 3.05) is 11.5 Å². The van der Waals surface area contributed by atoms with Gasteiger partial charge in [-0.05, 0) is 56.2 Å². The summed E-state index contributed by atoms with van der Waals surface area (Å²) in [5.74, 6) is 1.47. The monoisotopic (exact) mass is 457 g/mol. The standard InChI is InChI=1S/C21H19N3O5S2/c1-11-7-15-16(28-10-27-15)8-14(11)9-18-20(19-17(30-18)5-4-6-22-19)31(25,26)24-21-12(2)13(3)23-29-21/h4-8,24H,9-10H2,1-3H3. The third-order valence-electron chi connectivity index (χ3n) is 5.31. The van der Waals surface area contributed by atoms with Gasteiger partial charge in [-0.2, -0.15) is 0 Å². The Morgan fingerprint density at radius 3 is 2.68 bits per heavy atom. The molecule has 8 nitrogen and oxygen atoms in total. The van der Waals surface area contributed by atoms with Gasteiger partial charge in [-0.25, -0.2) is 13.1 Å². The second kappa shape index (κ2) is 7.24. The highest BCUT2D eigenvalue weighted by Crippen LogP contribution is 2.39. The van der Waals surface area contributed by atoms with Crippen molar-refractivity contribution in [3.63, 3.8) is 0 Å². The molecule has 0 saturated heterocycles. The number of hydrogen-bond acceptors (Lipinski definition) is 8. The average molecular weight is 458 g/mol. The molecule has 0 saturated carbocycles. The molecule has 160 valence electrons.